The van der Waals surface area contributed by atoms with Crippen LogP contribution in [0.3, 0.4) is 0 Å². The number of hydrogen-bond acceptors (Lipinski definition) is 3. The van der Waals surface area contributed by atoms with Gasteiger partial charge >= 0.3 is 0 Å². The lowest BCUT2D eigenvalue weighted by Gasteiger charge is -2.26. The van der Waals surface area contributed by atoms with Crippen LogP contribution in [-0.2, 0) is 4.74 Å². The lowest BCUT2D eigenvalue weighted by atomic mass is 10.0. The minimum atomic E-state index is 0.127. The molecule has 1 aromatic carbocycles. The van der Waals surface area contributed by atoms with Crippen LogP contribution in [0.25, 0.3) is 5.69 Å². The van der Waals surface area contributed by atoms with Crippen molar-refractivity contribution in [2.75, 3.05) is 14.2 Å². The lowest BCUT2D eigenvalue weighted by Crippen LogP contribution is -2.32. The number of rotatable bonds is 7. The minimum absolute atomic E-state index is 0.127. The van der Waals surface area contributed by atoms with Gasteiger partial charge in [0.05, 0.1) is 23.5 Å². The summed E-state index contributed by atoms with van der Waals surface area (Å²) < 4.78 is 7.63. The number of para-hydroxylation sites is 1. The molecule has 0 saturated carbocycles. The van der Waals surface area contributed by atoms with Gasteiger partial charge in [-0.3, -0.25) is 0 Å². The van der Waals surface area contributed by atoms with Gasteiger partial charge < -0.3 is 10.1 Å². The van der Waals surface area contributed by atoms with E-state index >= 15 is 0 Å². The SMILES string of the molecule is CCCC(OC)C(NC)c1ccnn1-c1ccccc1. The Labute approximate surface area is 120 Å². The molecule has 2 aromatic rings. The van der Waals surface area contributed by atoms with Crippen LogP contribution >= 0.6 is 0 Å². The van der Waals surface area contributed by atoms with Crippen LogP contribution in [0.5, 0.6) is 0 Å². The summed E-state index contributed by atoms with van der Waals surface area (Å²) in [6.07, 6.45) is 4.09. The molecule has 1 aromatic heterocycles. The molecular formula is C16H23N3O. The molecule has 0 saturated heterocycles. The first kappa shape index (κ1) is 14.8. The van der Waals surface area contributed by atoms with Crippen LogP contribution in [0.2, 0.25) is 0 Å². The molecule has 2 unspecified atom stereocenters. The maximum atomic E-state index is 5.65. The van der Waals surface area contributed by atoms with E-state index in [0.29, 0.717) is 0 Å². The monoisotopic (exact) mass is 273 g/mol. The largest absolute Gasteiger partial charge is 0.379 e. The molecule has 0 radical (unpaired) electrons. The van der Waals surface area contributed by atoms with Gasteiger partial charge in [-0.1, -0.05) is 31.5 Å². The van der Waals surface area contributed by atoms with Crippen molar-refractivity contribution in [1.82, 2.24) is 15.1 Å². The van der Waals surface area contributed by atoms with Gasteiger partial charge in [0.2, 0.25) is 0 Å². The van der Waals surface area contributed by atoms with Crippen LogP contribution < -0.4 is 5.32 Å². The van der Waals surface area contributed by atoms with Crippen molar-refractivity contribution >= 4 is 0 Å². The summed E-state index contributed by atoms with van der Waals surface area (Å²) in [5.41, 5.74) is 2.19. The Balaban J connectivity index is 2.34. The van der Waals surface area contributed by atoms with E-state index in [1.807, 2.05) is 36.1 Å². The lowest BCUT2D eigenvalue weighted by molar-refractivity contribution is 0.0610. The fourth-order valence-corrected chi connectivity index (χ4v) is 2.56. The predicted molar refractivity (Wildman–Crippen MR) is 81.1 cm³/mol. The predicted octanol–water partition coefficient (Wildman–Crippen LogP) is 2.95. The van der Waals surface area contributed by atoms with Crippen molar-refractivity contribution in [3.05, 3.63) is 48.3 Å². The molecule has 20 heavy (non-hydrogen) atoms. The molecule has 0 aliphatic carbocycles. The van der Waals surface area contributed by atoms with Gasteiger partial charge in [-0.15, -0.1) is 0 Å². The zero-order chi connectivity index (χ0) is 14.4. The highest BCUT2D eigenvalue weighted by Crippen LogP contribution is 2.24. The molecule has 0 fully saturated rings. The Morgan fingerprint density at radius 1 is 1.25 bits per heavy atom. The molecule has 4 nitrogen and oxygen atoms in total. The Morgan fingerprint density at radius 3 is 2.60 bits per heavy atom. The molecule has 0 spiro atoms. The van der Waals surface area contributed by atoms with E-state index in [4.69, 9.17) is 4.74 Å². The van der Waals surface area contributed by atoms with Gasteiger partial charge in [-0.05, 0) is 31.7 Å². The van der Waals surface area contributed by atoms with E-state index in [-0.39, 0.29) is 12.1 Å². The van der Waals surface area contributed by atoms with E-state index < -0.39 is 0 Å². The second-order valence-electron chi connectivity index (χ2n) is 4.83. The van der Waals surface area contributed by atoms with Crippen molar-refractivity contribution < 1.29 is 4.74 Å². The first-order valence-corrected chi connectivity index (χ1v) is 7.11. The van der Waals surface area contributed by atoms with E-state index in [0.717, 1.165) is 24.2 Å². The van der Waals surface area contributed by atoms with Crippen LogP contribution in [0.4, 0.5) is 0 Å². The van der Waals surface area contributed by atoms with Crippen LogP contribution in [0.1, 0.15) is 31.5 Å². The third-order valence-electron chi connectivity index (χ3n) is 3.55. The van der Waals surface area contributed by atoms with Crippen LogP contribution in [0.15, 0.2) is 42.6 Å². The topological polar surface area (TPSA) is 39.1 Å². The van der Waals surface area contributed by atoms with E-state index in [1.54, 1.807) is 7.11 Å². The smallest absolute Gasteiger partial charge is 0.0781 e. The molecule has 0 aliphatic heterocycles. The number of aromatic nitrogens is 2. The Kier molecular flexibility index (Phi) is 5.32. The van der Waals surface area contributed by atoms with Gasteiger partial charge in [0, 0.05) is 13.3 Å². The number of benzene rings is 1. The van der Waals surface area contributed by atoms with Crippen molar-refractivity contribution in [3.63, 3.8) is 0 Å². The molecule has 0 aliphatic rings. The summed E-state index contributed by atoms with van der Waals surface area (Å²) in [6.45, 7) is 2.17. The molecular weight excluding hydrogens is 250 g/mol. The maximum Gasteiger partial charge on any atom is 0.0781 e. The molecule has 108 valence electrons. The second kappa shape index (κ2) is 7.22. The Morgan fingerprint density at radius 2 is 2.00 bits per heavy atom. The van der Waals surface area contributed by atoms with Gasteiger partial charge in [-0.2, -0.15) is 5.10 Å². The number of nitrogens with one attached hydrogen (secondary N) is 1. The van der Waals surface area contributed by atoms with E-state index in [9.17, 15) is 0 Å². The summed E-state index contributed by atoms with van der Waals surface area (Å²) in [5, 5.41) is 7.82. The van der Waals surface area contributed by atoms with Crippen molar-refractivity contribution in [2.24, 2.45) is 0 Å². The van der Waals surface area contributed by atoms with Crippen molar-refractivity contribution in [1.29, 1.82) is 0 Å². The zero-order valence-corrected chi connectivity index (χ0v) is 12.4. The molecule has 2 rings (SSSR count). The Hall–Kier alpha value is -1.65. The number of hydrogen-bond donors (Lipinski definition) is 1. The van der Waals surface area contributed by atoms with E-state index in [2.05, 4.69) is 35.5 Å². The normalized spacial score (nSPS) is 14.2. The highest BCUT2D eigenvalue weighted by molar-refractivity contribution is 5.33. The van der Waals surface area contributed by atoms with Crippen molar-refractivity contribution in [2.45, 2.75) is 31.9 Å². The molecule has 0 bridgehead atoms. The molecule has 1 N–H and O–H groups in total. The fraction of sp³-hybridized carbons (Fsp3) is 0.438. The average molecular weight is 273 g/mol. The van der Waals surface area contributed by atoms with Gasteiger partial charge in [0.25, 0.3) is 0 Å². The third-order valence-corrected chi connectivity index (χ3v) is 3.55. The standard InChI is InChI=1S/C16H23N3O/c1-4-8-15(20-3)16(17-2)14-11-12-18-19(14)13-9-6-5-7-10-13/h5-7,9-12,15-17H,4,8H2,1-3H3. The highest BCUT2D eigenvalue weighted by atomic mass is 16.5. The summed E-state index contributed by atoms with van der Waals surface area (Å²) in [6, 6.07) is 12.4. The summed E-state index contributed by atoms with van der Waals surface area (Å²) in [7, 11) is 3.74. The second-order valence-corrected chi connectivity index (χ2v) is 4.83. The molecule has 4 heteroatoms. The summed E-state index contributed by atoms with van der Waals surface area (Å²) in [4.78, 5) is 0. The number of ether oxygens (including phenoxy) is 1. The quantitative estimate of drug-likeness (QED) is 0.843. The van der Waals surface area contributed by atoms with E-state index in [1.165, 1.54) is 0 Å². The summed E-state index contributed by atoms with van der Waals surface area (Å²) in [5.74, 6) is 0. The Bertz CT molecular complexity index is 509. The van der Waals surface area contributed by atoms with Gasteiger partial charge in [0.1, 0.15) is 0 Å². The minimum Gasteiger partial charge on any atom is -0.379 e. The highest BCUT2D eigenvalue weighted by Gasteiger charge is 2.24. The first-order chi connectivity index (χ1) is 9.81. The first-order valence-electron chi connectivity index (χ1n) is 7.11. The molecule has 0 amide bonds. The van der Waals surface area contributed by atoms with Crippen LogP contribution in [-0.4, -0.2) is 30.0 Å². The average Bonchev–Trinajstić information content (AvgIpc) is 2.97. The summed E-state index contributed by atoms with van der Waals surface area (Å²) >= 11 is 0. The number of likely N-dealkylation sites (N-methyl/N-ethyl adjacent to an activating group) is 1. The number of methoxy groups -OCH3 is 1. The molecule has 2 atom stereocenters. The maximum absolute atomic E-state index is 5.65. The fourth-order valence-electron chi connectivity index (χ4n) is 2.56. The van der Waals surface area contributed by atoms with Gasteiger partial charge in [0.15, 0.2) is 0 Å². The molecule has 1 heterocycles. The van der Waals surface area contributed by atoms with Gasteiger partial charge in [-0.25, -0.2) is 4.68 Å². The van der Waals surface area contributed by atoms with Crippen LogP contribution in [0, 0.1) is 0 Å². The third kappa shape index (κ3) is 3.08. The zero-order valence-electron chi connectivity index (χ0n) is 12.4. The van der Waals surface area contributed by atoms with Crippen molar-refractivity contribution in [3.8, 4) is 5.69 Å². The number of nitrogens with zero attached hydrogens (tertiary/aromatic N) is 2.